The van der Waals surface area contributed by atoms with Crippen LogP contribution in [0.4, 0.5) is 5.13 Å². The van der Waals surface area contributed by atoms with Gasteiger partial charge in [-0.3, -0.25) is 10.1 Å². The second-order valence-electron chi connectivity index (χ2n) is 6.36. The summed E-state index contributed by atoms with van der Waals surface area (Å²) in [5, 5.41) is 6.07. The zero-order chi connectivity index (χ0) is 19.8. The van der Waals surface area contributed by atoms with Gasteiger partial charge < -0.3 is 18.6 Å². The van der Waals surface area contributed by atoms with Crippen molar-refractivity contribution >= 4 is 33.3 Å². The van der Waals surface area contributed by atoms with Gasteiger partial charge in [0, 0.05) is 16.3 Å². The molecule has 2 aromatic heterocycles. The van der Waals surface area contributed by atoms with Crippen molar-refractivity contribution in [1.82, 2.24) is 4.98 Å². The first-order valence-electron chi connectivity index (χ1n) is 8.94. The van der Waals surface area contributed by atoms with Crippen LogP contribution in [-0.2, 0) is 0 Å². The van der Waals surface area contributed by atoms with Crippen molar-refractivity contribution in [2.24, 2.45) is 0 Å². The van der Waals surface area contributed by atoms with Crippen molar-refractivity contribution in [3.63, 3.8) is 0 Å². The van der Waals surface area contributed by atoms with Gasteiger partial charge in [0.25, 0.3) is 5.91 Å². The summed E-state index contributed by atoms with van der Waals surface area (Å²) >= 11 is 1.33. The predicted molar refractivity (Wildman–Crippen MR) is 109 cm³/mol. The molecule has 5 rings (SSSR count). The number of hydrogen-bond acceptors (Lipinski definition) is 7. The zero-order valence-corrected chi connectivity index (χ0v) is 16.2. The SMILES string of the molecule is COc1ccc2oc(-c3csc(NC(=O)c4ccc5c(c4)OCCO5)n3)cc2c1. The summed E-state index contributed by atoms with van der Waals surface area (Å²) in [6.07, 6.45) is 0. The summed E-state index contributed by atoms with van der Waals surface area (Å²) in [6.45, 7) is 0.978. The fourth-order valence-electron chi connectivity index (χ4n) is 3.07. The number of methoxy groups -OCH3 is 1. The van der Waals surface area contributed by atoms with E-state index in [0.717, 1.165) is 16.7 Å². The lowest BCUT2D eigenvalue weighted by atomic mass is 10.2. The number of ether oxygens (including phenoxy) is 3. The average Bonchev–Trinajstić information content (AvgIpc) is 3.39. The average molecular weight is 408 g/mol. The molecule has 0 bridgehead atoms. The van der Waals surface area contributed by atoms with Gasteiger partial charge >= 0.3 is 0 Å². The van der Waals surface area contributed by atoms with E-state index in [1.807, 2.05) is 29.6 Å². The van der Waals surface area contributed by atoms with Crippen molar-refractivity contribution < 1.29 is 23.4 Å². The Balaban J connectivity index is 1.35. The summed E-state index contributed by atoms with van der Waals surface area (Å²) in [5.41, 5.74) is 1.88. The van der Waals surface area contributed by atoms with Gasteiger partial charge in [-0.05, 0) is 42.5 Å². The van der Waals surface area contributed by atoms with Crippen LogP contribution < -0.4 is 19.5 Å². The highest BCUT2D eigenvalue weighted by Crippen LogP contribution is 2.33. The van der Waals surface area contributed by atoms with E-state index in [4.69, 9.17) is 18.6 Å². The number of anilines is 1. The third-order valence-electron chi connectivity index (χ3n) is 4.50. The number of furan rings is 1. The first kappa shape index (κ1) is 17.6. The molecule has 7 nitrogen and oxygen atoms in total. The molecule has 1 N–H and O–H groups in total. The molecule has 1 aliphatic heterocycles. The second kappa shape index (κ2) is 7.14. The van der Waals surface area contributed by atoms with Crippen LogP contribution in [0.25, 0.3) is 22.4 Å². The Hall–Kier alpha value is -3.52. The Bertz CT molecular complexity index is 1210. The molecule has 0 radical (unpaired) electrons. The standard InChI is InChI=1S/C21H16N2O5S/c1-25-14-3-5-16-13(8-14)10-18(28-16)15-11-29-21(22-15)23-20(24)12-2-4-17-19(9-12)27-7-6-26-17/h2-5,8-11H,6-7H2,1H3,(H,22,23,24). The lowest BCUT2D eigenvalue weighted by Crippen LogP contribution is -2.17. The minimum absolute atomic E-state index is 0.266. The van der Waals surface area contributed by atoms with E-state index < -0.39 is 0 Å². The largest absolute Gasteiger partial charge is 0.497 e. The number of thiazole rings is 1. The van der Waals surface area contributed by atoms with Crippen LogP contribution in [0.3, 0.4) is 0 Å². The monoisotopic (exact) mass is 408 g/mol. The van der Waals surface area contributed by atoms with E-state index in [1.54, 1.807) is 25.3 Å². The predicted octanol–water partition coefficient (Wildman–Crippen LogP) is 4.59. The number of nitrogens with one attached hydrogen (secondary N) is 1. The maximum absolute atomic E-state index is 12.6. The summed E-state index contributed by atoms with van der Waals surface area (Å²) < 4.78 is 22.1. The third-order valence-corrected chi connectivity index (χ3v) is 5.26. The molecule has 29 heavy (non-hydrogen) atoms. The number of nitrogens with zero attached hydrogens (tertiary/aromatic N) is 1. The third kappa shape index (κ3) is 3.38. The van der Waals surface area contributed by atoms with Crippen LogP contribution in [0, 0.1) is 0 Å². The smallest absolute Gasteiger partial charge is 0.257 e. The quantitative estimate of drug-likeness (QED) is 0.532. The lowest BCUT2D eigenvalue weighted by Gasteiger charge is -2.18. The van der Waals surface area contributed by atoms with Crippen LogP contribution in [-0.4, -0.2) is 31.2 Å². The molecule has 2 aromatic carbocycles. The summed E-state index contributed by atoms with van der Waals surface area (Å²) in [7, 11) is 1.62. The van der Waals surface area contributed by atoms with Gasteiger partial charge in [0.05, 0.1) is 7.11 Å². The van der Waals surface area contributed by atoms with Crippen LogP contribution in [0.15, 0.2) is 52.3 Å². The van der Waals surface area contributed by atoms with Gasteiger partial charge in [0.2, 0.25) is 0 Å². The molecule has 0 fully saturated rings. The molecule has 8 heteroatoms. The van der Waals surface area contributed by atoms with Gasteiger partial charge in [-0.2, -0.15) is 0 Å². The molecule has 1 aliphatic rings. The fourth-order valence-corrected chi connectivity index (χ4v) is 3.77. The lowest BCUT2D eigenvalue weighted by molar-refractivity contribution is 0.102. The first-order valence-corrected chi connectivity index (χ1v) is 9.82. The molecule has 0 aliphatic carbocycles. The molecule has 0 saturated carbocycles. The minimum Gasteiger partial charge on any atom is -0.497 e. The van der Waals surface area contributed by atoms with Gasteiger partial charge in [0.1, 0.15) is 30.2 Å². The Kier molecular flexibility index (Phi) is 4.33. The molecule has 0 atom stereocenters. The summed E-state index contributed by atoms with van der Waals surface area (Å²) in [6, 6.07) is 12.6. The van der Waals surface area contributed by atoms with Gasteiger partial charge in [0.15, 0.2) is 22.4 Å². The van der Waals surface area contributed by atoms with E-state index in [2.05, 4.69) is 10.3 Å². The van der Waals surface area contributed by atoms with Crippen LogP contribution in [0.1, 0.15) is 10.4 Å². The van der Waals surface area contributed by atoms with Crippen LogP contribution in [0.5, 0.6) is 17.2 Å². The maximum atomic E-state index is 12.6. The van der Waals surface area contributed by atoms with Crippen molar-refractivity contribution in [3.05, 3.63) is 53.4 Å². The molecule has 1 amide bonds. The van der Waals surface area contributed by atoms with Crippen LogP contribution >= 0.6 is 11.3 Å². The zero-order valence-electron chi connectivity index (χ0n) is 15.4. The van der Waals surface area contributed by atoms with E-state index in [-0.39, 0.29) is 5.91 Å². The molecule has 0 spiro atoms. The summed E-state index contributed by atoms with van der Waals surface area (Å²) in [4.78, 5) is 17.1. The van der Waals surface area contributed by atoms with E-state index in [0.29, 0.717) is 46.9 Å². The molecule has 4 aromatic rings. The van der Waals surface area contributed by atoms with E-state index in [9.17, 15) is 4.79 Å². The van der Waals surface area contributed by atoms with Gasteiger partial charge in [-0.25, -0.2) is 4.98 Å². The van der Waals surface area contributed by atoms with Gasteiger partial charge in [-0.1, -0.05) is 0 Å². The minimum atomic E-state index is -0.266. The van der Waals surface area contributed by atoms with Crippen LogP contribution in [0.2, 0.25) is 0 Å². The van der Waals surface area contributed by atoms with Crippen molar-refractivity contribution in [2.75, 3.05) is 25.6 Å². The fraction of sp³-hybridized carbons (Fsp3) is 0.143. The number of benzene rings is 2. The Morgan fingerprint density at radius 3 is 2.83 bits per heavy atom. The number of carbonyl (C=O) groups is 1. The number of hydrogen-bond donors (Lipinski definition) is 1. The Morgan fingerprint density at radius 1 is 1.10 bits per heavy atom. The number of fused-ring (bicyclic) bond motifs is 2. The highest BCUT2D eigenvalue weighted by Gasteiger charge is 2.17. The van der Waals surface area contributed by atoms with Crippen molar-refractivity contribution in [2.45, 2.75) is 0 Å². The van der Waals surface area contributed by atoms with Crippen molar-refractivity contribution in [3.8, 4) is 28.7 Å². The summed E-state index contributed by atoms with van der Waals surface area (Å²) in [5.74, 6) is 2.34. The number of aromatic nitrogens is 1. The molecule has 3 heterocycles. The van der Waals surface area contributed by atoms with E-state index >= 15 is 0 Å². The normalized spacial score (nSPS) is 12.7. The van der Waals surface area contributed by atoms with Gasteiger partial charge in [-0.15, -0.1) is 11.3 Å². The molecular formula is C21H16N2O5S. The highest BCUT2D eigenvalue weighted by molar-refractivity contribution is 7.14. The molecule has 0 saturated heterocycles. The Morgan fingerprint density at radius 2 is 1.97 bits per heavy atom. The van der Waals surface area contributed by atoms with Crippen molar-refractivity contribution in [1.29, 1.82) is 0 Å². The second-order valence-corrected chi connectivity index (χ2v) is 7.22. The van der Waals surface area contributed by atoms with E-state index in [1.165, 1.54) is 11.3 Å². The Labute approximate surface area is 169 Å². The maximum Gasteiger partial charge on any atom is 0.257 e. The molecule has 146 valence electrons. The molecule has 0 unspecified atom stereocenters. The molecular weight excluding hydrogens is 392 g/mol. The number of carbonyl (C=O) groups excluding carboxylic acids is 1. The highest BCUT2D eigenvalue weighted by atomic mass is 32.1. The topological polar surface area (TPSA) is 82.8 Å². The first-order chi connectivity index (χ1) is 14.2. The number of amides is 1. The number of rotatable bonds is 4.